The van der Waals surface area contributed by atoms with Gasteiger partial charge in [-0.1, -0.05) is 11.6 Å². The van der Waals surface area contributed by atoms with E-state index in [0.29, 0.717) is 27.7 Å². The van der Waals surface area contributed by atoms with Crippen molar-refractivity contribution in [2.45, 2.75) is 25.8 Å². The van der Waals surface area contributed by atoms with Crippen LogP contribution in [-0.4, -0.2) is 22.8 Å². The van der Waals surface area contributed by atoms with Crippen molar-refractivity contribution in [3.8, 4) is 17.2 Å². The summed E-state index contributed by atoms with van der Waals surface area (Å²) in [5.74, 6) is 0. The molecule has 1 aliphatic heterocycles. The molecule has 136 valence electrons. The lowest BCUT2D eigenvalue weighted by molar-refractivity contribution is -0.173. The van der Waals surface area contributed by atoms with E-state index in [1.807, 2.05) is 13.0 Å². The second-order valence-electron chi connectivity index (χ2n) is 7.89. The Morgan fingerprint density at radius 1 is 1.30 bits per heavy atom. The Morgan fingerprint density at radius 2 is 2.07 bits per heavy atom. The van der Waals surface area contributed by atoms with Gasteiger partial charge < -0.3 is 15.0 Å². The third-order valence-corrected chi connectivity index (χ3v) is 6.47. The third kappa shape index (κ3) is 2.37. The van der Waals surface area contributed by atoms with Gasteiger partial charge in [0.1, 0.15) is 0 Å². The van der Waals surface area contributed by atoms with E-state index in [1.54, 1.807) is 12.4 Å². The number of anilines is 1. The van der Waals surface area contributed by atoms with Crippen molar-refractivity contribution >= 4 is 28.2 Å². The Hall–Kier alpha value is -2.55. The van der Waals surface area contributed by atoms with Crippen molar-refractivity contribution < 1.29 is 4.74 Å². The fourth-order valence-electron chi connectivity index (χ4n) is 4.45. The maximum absolute atomic E-state index is 9.49. The zero-order chi connectivity index (χ0) is 18.8. The fraction of sp³-hybridized carbons (Fsp3) is 0.333. The molecule has 1 saturated heterocycles. The van der Waals surface area contributed by atoms with Crippen LogP contribution < -0.4 is 5.73 Å². The Balaban J connectivity index is 1.71. The quantitative estimate of drug-likeness (QED) is 0.713. The highest BCUT2D eigenvalue weighted by molar-refractivity contribution is 6.36. The zero-order valence-corrected chi connectivity index (χ0v) is 15.8. The van der Waals surface area contributed by atoms with E-state index >= 15 is 0 Å². The largest absolute Gasteiger partial charge is 0.396 e. The molecule has 2 aliphatic rings. The monoisotopic (exact) mass is 378 g/mol. The summed E-state index contributed by atoms with van der Waals surface area (Å²) in [5, 5.41) is 11.0. The van der Waals surface area contributed by atoms with Crippen molar-refractivity contribution in [3.63, 3.8) is 0 Å². The molecule has 0 radical (unpaired) electrons. The van der Waals surface area contributed by atoms with Gasteiger partial charge in [0.25, 0.3) is 0 Å². The lowest BCUT2D eigenvalue weighted by Crippen LogP contribution is -2.52. The minimum absolute atomic E-state index is 0.374. The number of fused-ring (bicyclic) bond motifs is 1. The Morgan fingerprint density at radius 3 is 2.74 bits per heavy atom. The van der Waals surface area contributed by atoms with E-state index in [-0.39, 0.29) is 0 Å². The second kappa shape index (κ2) is 5.72. The van der Waals surface area contributed by atoms with Crippen LogP contribution in [0.25, 0.3) is 22.0 Å². The van der Waals surface area contributed by atoms with E-state index in [9.17, 15) is 5.26 Å². The average Bonchev–Trinajstić information content (AvgIpc) is 2.92. The summed E-state index contributed by atoms with van der Waals surface area (Å²) >= 11 is 6.49. The number of benzene rings is 1. The number of hydrogen-bond donors (Lipinski definition) is 1. The standard InChI is InChI=1S/C21H19ClN4O/c1-12-2-19-15(3-13(12)6-23)17(16-7-25-8-18(24)20(16)22)9-26(19)14-4-21(5-14)10-27-11-21/h2-3,7-9,14H,4-5,10-11,24H2,1H3. The highest BCUT2D eigenvalue weighted by Crippen LogP contribution is 2.54. The summed E-state index contributed by atoms with van der Waals surface area (Å²) < 4.78 is 7.75. The number of nitrogen functional groups attached to an aromatic ring is 1. The molecule has 27 heavy (non-hydrogen) atoms. The van der Waals surface area contributed by atoms with Gasteiger partial charge in [0.05, 0.1) is 41.8 Å². The molecule has 5 rings (SSSR count). The molecule has 2 N–H and O–H groups in total. The number of aromatic nitrogens is 2. The first-order valence-corrected chi connectivity index (χ1v) is 9.41. The lowest BCUT2D eigenvalue weighted by Gasteiger charge is -2.53. The first-order chi connectivity index (χ1) is 13.0. The van der Waals surface area contributed by atoms with Crippen LogP contribution in [0.15, 0.2) is 30.7 Å². The van der Waals surface area contributed by atoms with E-state index in [1.165, 1.54) is 0 Å². The predicted octanol–water partition coefficient (Wildman–Crippen LogP) is 4.47. The minimum atomic E-state index is 0.374. The number of aryl methyl sites for hydroxylation is 1. The molecular weight excluding hydrogens is 360 g/mol. The minimum Gasteiger partial charge on any atom is -0.396 e. The summed E-state index contributed by atoms with van der Waals surface area (Å²) in [7, 11) is 0. The highest BCUT2D eigenvalue weighted by Gasteiger charge is 2.50. The van der Waals surface area contributed by atoms with Crippen LogP contribution in [0.3, 0.4) is 0 Å². The fourth-order valence-corrected chi connectivity index (χ4v) is 4.65. The van der Waals surface area contributed by atoms with Crippen LogP contribution in [0, 0.1) is 23.7 Å². The first kappa shape index (κ1) is 16.6. The first-order valence-electron chi connectivity index (χ1n) is 9.04. The summed E-state index contributed by atoms with van der Waals surface area (Å²) in [6.45, 7) is 3.72. The van der Waals surface area contributed by atoms with Gasteiger partial charge in [-0.2, -0.15) is 5.26 Å². The molecular formula is C21H19ClN4O. The van der Waals surface area contributed by atoms with Crippen LogP contribution in [0.5, 0.6) is 0 Å². The number of nitriles is 1. The number of rotatable bonds is 2. The van der Waals surface area contributed by atoms with Crippen LogP contribution in [0.1, 0.15) is 30.0 Å². The Labute approximate surface area is 162 Å². The van der Waals surface area contributed by atoms with Crippen LogP contribution in [0.2, 0.25) is 5.02 Å². The molecule has 0 bridgehead atoms. The molecule has 3 heterocycles. The zero-order valence-electron chi connectivity index (χ0n) is 15.0. The van der Waals surface area contributed by atoms with Crippen molar-refractivity contribution in [1.82, 2.24) is 9.55 Å². The topological polar surface area (TPSA) is 76.9 Å². The molecule has 0 unspecified atom stereocenters. The number of ether oxygens (including phenoxy) is 1. The summed E-state index contributed by atoms with van der Waals surface area (Å²) in [6.07, 6.45) is 7.69. The molecule has 2 aromatic heterocycles. The van der Waals surface area contributed by atoms with Crippen molar-refractivity contribution in [2.75, 3.05) is 18.9 Å². The van der Waals surface area contributed by atoms with Gasteiger partial charge in [-0.15, -0.1) is 0 Å². The summed E-state index contributed by atoms with van der Waals surface area (Å²) in [6, 6.07) is 6.79. The van der Waals surface area contributed by atoms with Crippen molar-refractivity contribution in [2.24, 2.45) is 5.41 Å². The Bertz CT molecular complexity index is 1120. The Kier molecular flexibility index (Phi) is 3.52. The SMILES string of the molecule is Cc1cc2c(cc1C#N)c(-c1cncc(N)c1Cl)cn2C1CC2(COC2)C1. The molecule has 6 heteroatoms. The number of nitrogens with two attached hydrogens (primary N) is 1. The maximum atomic E-state index is 9.49. The molecule has 1 spiro atoms. The normalized spacial score (nSPS) is 18.3. The molecule has 1 aliphatic carbocycles. The summed E-state index contributed by atoms with van der Waals surface area (Å²) in [5.41, 5.74) is 11.4. The molecule has 1 saturated carbocycles. The number of hydrogen-bond acceptors (Lipinski definition) is 4. The maximum Gasteiger partial charge on any atom is 0.0994 e. The van der Waals surface area contributed by atoms with Crippen LogP contribution in [-0.2, 0) is 4.74 Å². The van der Waals surface area contributed by atoms with Crippen molar-refractivity contribution in [1.29, 1.82) is 5.26 Å². The molecule has 1 aromatic carbocycles. The molecule has 0 amide bonds. The van der Waals surface area contributed by atoms with Crippen LogP contribution in [0.4, 0.5) is 5.69 Å². The van der Waals surface area contributed by atoms with Gasteiger partial charge in [0.2, 0.25) is 0 Å². The van der Waals surface area contributed by atoms with Gasteiger partial charge >= 0.3 is 0 Å². The highest BCUT2D eigenvalue weighted by atomic mass is 35.5. The molecule has 5 nitrogen and oxygen atoms in total. The molecule has 0 atom stereocenters. The van der Waals surface area contributed by atoms with E-state index < -0.39 is 0 Å². The summed E-state index contributed by atoms with van der Waals surface area (Å²) in [4.78, 5) is 4.22. The van der Waals surface area contributed by atoms with E-state index in [2.05, 4.69) is 27.9 Å². The van der Waals surface area contributed by atoms with Crippen molar-refractivity contribution in [3.05, 3.63) is 46.9 Å². The van der Waals surface area contributed by atoms with Gasteiger partial charge in [0.15, 0.2) is 0 Å². The molecule has 2 fully saturated rings. The molecule has 3 aromatic rings. The number of halogens is 1. The van der Waals surface area contributed by atoms with Gasteiger partial charge in [0, 0.05) is 45.9 Å². The smallest absolute Gasteiger partial charge is 0.0994 e. The number of pyridine rings is 1. The van der Waals surface area contributed by atoms with Gasteiger partial charge in [-0.05, 0) is 37.5 Å². The average molecular weight is 379 g/mol. The van der Waals surface area contributed by atoms with Crippen LogP contribution >= 0.6 is 11.6 Å². The second-order valence-corrected chi connectivity index (χ2v) is 8.27. The van der Waals surface area contributed by atoms with Gasteiger partial charge in [-0.25, -0.2) is 0 Å². The van der Waals surface area contributed by atoms with E-state index in [4.69, 9.17) is 22.1 Å². The predicted molar refractivity (Wildman–Crippen MR) is 106 cm³/mol. The number of nitrogens with zero attached hydrogens (tertiary/aromatic N) is 3. The van der Waals surface area contributed by atoms with Gasteiger partial charge in [-0.3, -0.25) is 4.98 Å². The third-order valence-electron chi connectivity index (χ3n) is 6.04. The lowest BCUT2D eigenvalue weighted by atomic mass is 9.64. The van der Waals surface area contributed by atoms with E-state index in [0.717, 1.165) is 53.6 Å².